The second-order valence-corrected chi connectivity index (χ2v) is 7.59. The first-order chi connectivity index (χ1) is 13.3. The van der Waals surface area contributed by atoms with Gasteiger partial charge in [0.2, 0.25) is 17.6 Å². The lowest BCUT2D eigenvalue weighted by Gasteiger charge is -2.36. The Hall–Kier alpha value is -2.77. The number of amides is 1. The van der Waals surface area contributed by atoms with Crippen LogP contribution in [0, 0.1) is 18.7 Å². The molecule has 1 aliphatic carbocycles. The van der Waals surface area contributed by atoms with E-state index in [-0.39, 0.29) is 36.3 Å². The largest absolute Gasteiger partial charge is 0.480 e. The Morgan fingerprint density at radius 2 is 2.07 bits per heavy atom. The minimum absolute atomic E-state index is 0.0362. The molecule has 1 heterocycles. The SMILES string of the molecule is Cc1ccc(-c2noc(CCC(=O)NC3(C(=O)O)CCC(C)CC3)n2)cc1F. The lowest BCUT2D eigenvalue weighted by molar-refractivity contribution is -0.149. The van der Waals surface area contributed by atoms with Crippen LogP contribution in [-0.2, 0) is 16.0 Å². The third kappa shape index (κ3) is 4.37. The van der Waals surface area contributed by atoms with Crippen molar-refractivity contribution in [2.45, 2.75) is 57.9 Å². The number of carboxylic acid groups (broad SMARTS) is 1. The highest BCUT2D eigenvalue weighted by Gasteiger charge is 2.42. The Balaban J connectivity index is 1.59. The van der Waals surface area contributed by atoms with Crippen LogP contribution in [0.1, 0.15) is 50.5 Å². The lowest BCUT2D eigenvalue weighted by Crippen LogP contribution is -2.56. The molecule has 28 heavy (non-hydrogen) atoms. The standard InChI is InChI=1S/C20H24FN3O4/c1-12-7-9-20(10-8-12,19(26)27)23-16(25)5-6-17-22-18(24-28-17)14-4-3-13(2)15(21)11-14/h3-4,11-12H,5-10H2,1-2H3,(H,23,25)(H,26,27). The molecule has 1 aliphatic rings. The lowest BCUT2D eigenvalue weighted by atomic mass is 9.77. The number of carboxylic acids is 1. The molecule has 1 saturated carbocycles. The van der Waals surface area contributed by atoms with Crippen molar-refractivity contribution in [3.8, 4) is 11.4 Å². The summed E-state index contributed by atoms with van der Waals surface area (Å²) in [5, 5.41) is 16.1. The quantitative estimate of drug-likeness (QED) is 0.786. The number of aliphatic carboxylic acids is 1. The van der Waals surface area contributed by atoms with Crippen LogP contribution < -0.4 is 5.32 Å². The third-order valence-corrected chi connectivity index (χ3v) is 5.38. The molecule has 1 amide bonds. The van der Waals surface area contributed by atoms with Crippen molar-refractivity contribution < 1.29 is 23.6 Å². The van der Waals surface area contributed by atoms with Gasteiger partial charge in [-0.05, 0) is 50.2 Å². The summed E-state index contributed by atoms with van der Waals surface area (Å²) in [6.45, 7) is 3.75. The summed E-state index contributed by atoms with van der Waals surface area (Å²) in [6.07, 6.45) is 2.62. The predicted octanol–water partition coefficient (Wildman–Crippen LogP) is 3.27. The maximum atomic E-state index is 13.7. The topological polar surface area (TPSA) is 105 Å². The van der Waals surface area contributed by atoms with Gasteiger partial charge in [0, 0.05) is 18.4 Å². The molecule has 3 rings (SSSR count). The van der Waals surface area contributed by atoms with Gasteiger partial charge < -0.3 is 14.9 Å². The summed E-state index contributed by atoms with van der Waals surface area (Å²) >= 11 is 0. The van der Waals surface area contributed by atoms with E-state index in [4.69, 9.17) is 4.52 Å². The van der Waals surface area contributed by atoms with E-state index in [1.807, 2.05) is 0 Å². The van der Waals surface area contributed by atoms with Gasteiger partial charge in [0.25, 0.3) is 0 Å². The van der Waals surface area contributed by atoms with Gasteiger partial charge in [-0.25, -0.2) is 9.18 Å². The van der Waals surface area contributed by atoms with Gasteiger partial charge in [0.05, 0.1) is 0 Å². The van der Waals surface area contributed by atoms with E-state index < -0.39 is 11.5 Å². The van der Waals surface area contributed by atoms with E-state index in [9.17, 15) is 19.1 Å². The smallest absolute Gasteiger partial charge is 0.329 e. The third-order valence-electron chi connectivity index (χ3n) is 5.38. The number of rotatable bonds is 6. The Morgan fingerprint density at radius 3 is 2.71 bits per heavy atom. The monoisotopic (exact) mass is 389 g/mol. The number of nitrogens with one attached hydrogen (secondary N) is 1. The number of hydrogen-bond acceptors (Lipinski definition) is 5. The number of carbonyl (C=O) groups is 2. The molecule has 0 radical (unpaired) electrons. The van der Waals surface area contributed by atoms with E-state index in [2.05, 4.69) is 22.4 Å². The number of halogens is 1. The van der Waals surface area contributed by atoms with Gasteiger partial charge >= 0.3 is 5.97 Å². The zero-order valence-electron chi connectivity index (χ0n) is 16.0. The molecule has 0 atom stereocenters. The van der Waals surface area contributed by atoms with Crippen LogP contribution in [0.15, 0.2) is 22.7 Å². The first kappa shape index (κ1) is 20.0. The molecule has 2 aromatic rings. The molecule has 1 fully saturated rings. The molecule has 8 heteroatoms. The highest BCUT2D eigenvalue weighted by Crippen LogP contribution is 2.32. The molecule has 0 aliphatic heterocycles. The number of nitrogens with zero attached hydrogens (tertiary/aromatic N) is 2. The van der Waals surface area contributed by atoms with Gasteiger partial charge in [0.1, 0.15) is 11.4 Å². The molecular weight excluding hydrogens is 365 g/mol. The summed E-state index contributed by atoms with van der Waals surface area (Å²) in [4.78, 5) is 28.2. The van der Waals surface area contributed by atoms with E-state index in [0.717, 1.165) is 12.8 Å². The predicted molar refractivity (Wildman–Crippen MR) is 98.9 cm³/mol. The number of hydrogen-bond donors (Lipinski definition) is 2. The van der Waals surface area contributed by atoms with Crippen molar-refractivity contribution >= 4 is 11.9 Å². The zero-order valence-corrected chi connectivity index (χ0v) is 16.0. The molecule has 150 valence electrons. The normalized spacial score (nSPS) is 22.0. The van der Waals surface area contributed by atoms with Gasteiger partial charge in [-0.3, -0.25) is 4.79 Å². The van der Waals surface area contributed by atoms with E-state index in [1.165, 1.54) is 6.07 Å². The van der Waals surface area contributed by atoms with Crippen molar-refractivity contribution in [2.24, 2.45) is 5.92 Å². The fourth-order valence-corrected chi connectivity index (χ4v) is 3.40. The van der Waals surface area contributed by atoms with Crippen LogP contribution in [0.2, 0.25) is 0 Å². The highest BCUT2D eigenvalue weighted by atomic mass is 19.1. The molecule has 0 unspecified atom stereocenters. The fourth-order valence-electron chi connectivity index (χ4n) is 3.40. The van der Waals surface area contributed by atoms with Crippen molar-refractivity contribution in [3.63, 3.8) is 0 Å². The number of carbonyl (C=O) groups excluding carboxylic acids is 1. The molecule has 7 nitrogen and oxygen atoms in total. The number of aromatic nitrogens is 2. The van der Waals surface area contributed by atoms with Gasteiger partial charge in [-0.2, -0.15) is 4.98 Å². The molecular formula is C20H24FN3O4. The highest BCUT2D eigenvalue weighted by molar-refractivity contribution is 5.87. The molecule has 2 N–H and O–H groups in total. The van der Waals surface area contributed by atoms with Crippen molar-refractivity contribution in [1.82, 2.24) is 15.5 Å². The summed E-state index contributed by atoms with van der Waals surface area (Å²) in [5.74, 6) is -0.755. The van der Waals surface area contributed by atoms with Gasteiger partial charge in [0.15, 0.2) is 0 Å². The number of benzene rings is 1. The average molecular weight is 389 g/mol. The Kier molecular flexibility index (Phi) is 5.76. The fraction of sp³-hybridized carbons (Fsp3) is 0.500. The van der Waals surface area contributed by atoms with Crippen LogP contribution in [0.25, 0.3) is 11.4 Å². The van der Waals surface area contributed by atoms with E-state index >= 15 is 0 Å². The van der Waals surface area contributed by atoms with Crippen LogP contribution in [0.3, 0.4) is 0 Å². The first-order valence-electron chi connectivity index (χ1n) is 9.42. The molecule has 0 bridgehead atoms. The Bertz CT molecular complexity index is 872. The van der Waals surface area contributed by atoms with Crippen molar-refractivity contribution in [3.05, 3.63) is 35.5 Å². The first-order valence-corrected chi connectivity index (χ1v) is 9.42. The molecule has 0 spiro atoms. The van der Waals surface area contributed by atoms with E-state index in [1.54, 1.807) is 19.1 Å². The van der Waals surface area contributed by atoms with E-state index in [0.29, 0.717) is 29.9 Å². The molecule has 1 aromatic heterocycles. The maximum Gasteiger partial charge on any atom is 0.329 e. The summed E-state index contributed by atoms with van der Waals surface area (Å²) < 4.78 is 18.8. The van der Waals surface area contributed by atoms with Crippen LogP contribution in [0.5, 0.6) is 0 Å². The van der Waals surface area contributed by atoms with Crippen molar-refractivity contribution in [2.75, 3.05) is 0 Å². The second-order valence-electron chi connectivity index (χ2n) is 7.59. The van der Waals surface area contributed by atoms with Gasteiger partial charge in [-0.15, -0.1) is 0 Å². The number of aryl methyl sites for hydroxylation is 2. The summed E-state index contributed by atoms with van der Waals surface area (Å²) in [7, 11) is 0. The average Bonchev–Trinajstić information content (AvgIpc) is 3.13. The maximum absolute atomic E-state index is 13.7. The Morgan fingerprint density at radius 1 is 1.36 bits per heavy atom. The molecule has 0 saturated heterocycles. The zero-order chi connectivity index (χ0) is 20.3. The minimum Gasteiger partial charge on any atom is -0.480 e. The summed E-state index contributed by atoms with van der Waals surface area (Å²) in [5.41, 5.74) is -0.180. The second kappa shape index (κ2) is 8.08. The molecule has 1 aromatic carbocycles. The van der Waals surface area contributed by atoms with Crippen LogP contribution in [0.4, 0.5) is 4.39 Å². The van der Waals surface area contributed by atoms with Crippen LogP contribution in [-0.4, -0.2) is 32.7 Å². The summed E-state index contributed by atoms with van der Waals surface area (Å²) in [6, 6.07) is 4.66. The Labute approximate surface area is 162 Å². The van der Waals surface area contributed by atoms with Crippen molar-refractivity contribution in [1.29, 1.82) is 0 Å². The van der Waals surface area contributed by atoms with Crippen LogP contribution >= 0.6 is 0 Å². The van der Waals surface area contributed by atoms with Gasteiger partial charge in [-0.1, -0.05) is 24.2 Å². The minimum atomic E-state index is -1.19.